The van der Waals surface area contributed by atoms with Crippen LogP contribution in [0.2, 0.25) is 5.02 Å². The summed E-state index contributed by atoms with van der Waals surface area (Å²) >= 11 is 7.18. The van der Waals surface area contributed by atoms with E-state index in [4.69, 9.17) is 11.6 Å². The molecule has 0 bridgehead atoms. The van der Waals surface area contributed by atoms with Crippen LogP contribution in [0.25, 0.3) is 10.6 Å². The number of amides is 1. The van der Waals surface area contributed by atoms with E-state index in [1.807, 2.05) is 29.9 Å². The number of nitrogens with one attached hydrogen (secondary N) is 2. The smallest absolute Gasteiger partial charge is 0.280 e. The van der Waals surface area contributed by atoms with Gasteiger partial charge in [0.05, 0.1) is 28.0 Å². The maximum absolute atomic E-state index is 13.4. The number of carbonyl (C=O) groups is 1. The highest BCUT2D eigenvalue weighted by atomic mass is 35.5. The van der Waals surface area contributed by atoms with E-state index in [0.717, 1.165) is 25.8 Å². The Labute approximate surface area is 187 Å². The van der Waals surface area contributed by atoms with Crippen LogP contribution in [0, 0.1) is 5.82 Å². The van der Waals surface area contributed by atoms with Crippen LogP contribution < -0.4 is 10.0 Å². The van der Waals surface area contributed by atoms with Gasteiger partial charge >= 0.3 is 0 Å². The Morgan fingerprint density at radius 3 is 2.77 bits per heavy atom. The van der Waals surface area contributed by atoms with Gasteiger partial charge in [0, 0.05) is 30.9 Å². The lowest BCUT2D eigenvalue weighted by atomic mass is 10.1. The molecule has 2 aromatic heterocycles. The van der Waals surface area contributed by atoms with Gasteiger partial charge in [0.2, 0.25) is 5.91 Å². The van der Waals surface area contributed by atoms with E-state index in [1.165, 1.54) is 30.5 Å². The number of rotatable bonds is 4. The summed E-state index contributed by atoms with van der Waals surface area (Å²) in [4.78, 5) is 18.9. The summed E-state index contributed by atoms with van der Waals surface area (Å²) in [6.45, 7) is 0. The number of carbonyl (C=O) groups excluding carboxylic acids is 1. The van der Waals surface area contributed by atoms with Gasteiger partial charge in [-0.2, -0.15) is 17.4 Å². The third-order valence-electron chi connectivity index (χ3n) is 4.99. The van der Waals surface area contributed by atoms with Gasteiger partial charge in [-0.05, 0) is 36.8 Å². The Kier molecular flexibility index (Phi) is 5.88. The highest BCUT2D eigenvalue weighted by molar-refractivity contribution is 7.87. The Bertz CT molecular complexity index is 1240. The fourth-order valence-electron chi connectivity index (χ4n) is 3.31. The van der Waals surface area contributed by atoms with Crippen molar-refractivity contribution >= 4 is 44.7 Å². The molecule has 1 amide bonds. The largest absolute Gasteiger partial charge is 0.340 e. The second-order valence-electron chi connectivity index (χ2n) is 7.19. The van der Waals surface area contributed by atoms with Crippen molar-refractivity contribution in [2.45, 2.75) is 18.5 Å². The molecule has 2 N–H and O–H groups in total. The molecular formula is C19H19ClFN5O3S2. The number of nitrogens with zero attached hydrogens (tertiary/aromatic N) is 3. The van der Waals surface area contributed by atoms with Crippen LogP contribution in [0.3, 0.4) is 0 Å². The summed E-state index contributed by atoms with van der Waals surface area (Å²) in [6.07, 6.45) is 3.78. The molecule has 1 aliphatic heterocycles. The van der Waals surface area contributed by atoms with Crippen LogP contribution in [0.1, 0.15) is 17.3 Å². The van der Waals surface area contributed by atoms with Crippen molar-refractivity contribution in [1.82, 2.24) is 18.6 Å². The number of likely N-dealkylation sites (N-methyl/N-ethyl adjacent to an activating group) is 1. The predicted octanol–water partition coefficient (Wildman–Crippen LogP) is 3.16. The first-order valence-corrected chi connectivity index (χ1v) is 11.9. The number of benzene rings is 1. The SMILES string of the molecule is CN1[C@H](C(=O)Nc2ccc(F)c(Cl)c2)C[C@H](c2ccc(-c3cn(C)cn3)s2)NS1(=O)=O. The summed E-state index contributed by atoms with van der Waals surface area (Å²) in [7, 11) is -0.678. The van der Waals surface area contributed by atoms with Gasteiger partial charge in [0.15, 0.2) is 0 Å². The second kappa shape index (κ2) is 8.32. The molecule has 1 aromatic carbocycles. The van der Waals surface area contributed by atoms with E-state index in [-0.39, 0.29) is 17.1 Å². The van der Waals surface area contributed by atoms with Gasteiger partial charge < -0.3 is 9.88 Å². The van der Waals surface area contributed by atoms with Crippen molar-refractivity contribution in [1.29, 1.82) is 0 Å². The summed E-state index contributed by atoms with van der Waals surface area (Å²) < 4.78 is 44.2. The van der Waals surface area contributed by atoms with Gasteiger partial charge in [-0.25, -0.2) is 9.37 Å². The molecule has 3 aromatic rings. The van der Waals surface area contributed by atoms with E-state index < -0.39 is 34.0 Å². The highest BCUT2D eigenvalue weighted by Crippen LogP contribution is 2.35. The summed E-state index contributed by atoms with van der Waals surface area (Å²) in [5, 5.41) is 2.48. The van der Waals surface area contributed by atoms with Crippen molar-refractivity contribution in [2.75, 3.05) is 12.4 Å². The van der Waals surface area contributed by atoms with E-state index >= 15 is 0 Å². The zero-order chi connectivity index (χ0) is 22.3. The Hall–Kier alpha value is -2.31. The molecule has 31 heavy (non-hydrogen) atoms. The third-order valence-corrected chi connectivity index (χ3v) is 8.09. The first kappa shape index (κ1) is 21.9. The molecule has 0 aliphatic carbocycles. The van der Waals surface area contributed by atoms with Crippen molar-refractivity contribution < 1.29 is 17.6 Å². The number of hydrogen-bond acceptors (Lipinski definition) is 5. The maximum atomic E-state index is 13.4. The van der Waals surface area contributed by atoms with Crippen LogP contribution in [0.15, 0.2) is 42.9 Å². The van der Waals surface area contributed by atoms with Crippen LogP contribution in [-0.4, -0.2) is 41.3 Å². The highest BCUT2D eigenvalue weighted by Gasteiger charge is 2.41. The number of aromatic nitrogens is 2. The van der Waals surface area contributed by atoms with Gasteiger partial charge in [0.25, 0.3) is 10.2 Å². The first-order chi connectivity index (χ1) is 14.6. The van der Waals surface area contributed by atoms with E-state index in [2.05, 4.69) is 15.0 Å². The van der Waals surface area contributed by atoms with Crippen molar-refractivity contribution in [3.63, 3.8) is 0 Å². The quantitative estimate of drug-likeness (QED) is 0.595. The lowest BCUT2D eigenvalue weighted by Gasteiger charge is -2.35. The average Bonchev–Trinajstić information content (AvgIpc) is 3.35. The maximum Gasteiger partial charge on any atom is 0.280 e. The van der Waals surface area contributed by atoms with Crippen LogP contribution in [0.4, 0.5) is 10.1 Å². The van der Waals surface area contributed by atoms with E-state index in [1.54, 1.807) is 6.33 Å². The standard InChI is InChI=1S/C19H19ClFN5O3S2/c1-25-9-15(22-10-25)18-6-5-17(30-18)14-8-16(26(2)31(28,29)24-14)19(27)23-11-3-4-13(21)12(20)7-11/h3-7,9-10,14,16,24H,8H2,1-2H3,(H,23,27)/t14-,16+/m1/s1. The molecular weight excluding hydrogens is 465 g/mol. The molecule has 0 unspecified atom stereocenters. The number of hydrogen-bond donors (Lipinski definition) is 2. The second-order valence-corrected chi connectivity index (χ2v) is 10.5. The van der Waals surface area contributed by atoms with Crippen LogP contribution >= 0.6 is 22.9 Å². The Balaban J connectivity index is 1.57. The summed E-state index contributed by atoms with van der Waals surface area (Å²) in [5.41, 5.74) is 1.07. The third kappa shape index (κ3) is 4.51. The number of halogens is 2. The van der Waals surface area contributed by atoms with Crippen molar-refractivity contribution in [3.8, 4) is 10.6 Å². The molecule has 1 saturated heterocycles. The molecule has 164 valence electrons. The molecule has 4 rings (SSSR count). The lowest BCUT2D eigenvalue weighted by molar-refractivity contribution is -0.120. The minimum absolute atomic E-state index is 0.136. The Morgan fingerprint density at radius 1 is 1.32 bits per heavy atom. The van der Waals surface area contributed by atoms with Crippen molar-refractivity contribution in [2.24, 2.45) is 7.05 Å². The molecule has 0 spiro atoms. The average molecular weight is 484 g/mol. The number of thiophene rings is 1. The number of imidazole rings is 1. The minimum Gasteiger partial charge on any atom is -0.340 e. The normalized spacial score (nSPS) is 21.2. The zero-order valence-electron chi connectivity index (χ0n) is 16.5. The zero-order valence-corrected chi connectivity index (χ0v) is 18.9. The summed E-state index contributed by atoms with van der Waals surface area (Å²) in [6, 6.07) is 5.96. The van der Waals surface area contributed by atoms with Gasteiger partial charge in [0.1, 0.15) is 11.9 Å². The predicted molar refractivity (Wildman–Crippen MR) is 118 cm³/mol. The molecule has 8 nitrogen and oxygen atoms in total. The molecule has 0 radical (unpaired) electrons. The lowest BCUT2D eigenvalue weighted by Crippen LogP contribution is -2.55. The van der Waals surface area contributed by atoms with Gasteiger partial charge in [-0.3, -0.25) is 4.79 Å². The first-order valence-electron chi connectivity index (χ1n) is 9.23. The fraction of sp³-hybridized carbons (Fsp3) is 0.263. The molecule has 3 heterocycles. The number of anilines is 1. The van der Waals surface area contributed by atoms with E-state index in [9.17, 15) is 17.6 Å². The molecule has 2 atom stereocenters. The topological polar surface area (TPSA) is 96.3 Å². The fourth-order valence-corrected chi connectivity index (χ4v) is 5.87. The van der Waals surface area contributed by atoms with Gasteiger partial charge in [-0.1, -0.05) is 11.6 Å². The molecule has 12 heteroatoms. The molecule has 1 fully saturated rings. The van der Waals surface area contributed by atoms with E-state index in [0.29, 0.717) is 0 Å². The summed E-state index contributed by atoms with van der Waals surface area (Å²) in [5.74, 6) is -1.13. The Morgan fingerprint density at radius 2 is 2.10 bits per heavy atom. The van der Waals surface area contributed by atoms with Crippen LogP contribution in [-0.2, 0) is 22.1 Å². The minimum atomic E-state index is -3.89. The van der Waals surface area contributed by atoms with Crippen molar-refractivity contribution in [3.05, 3.63) is 58.6 Å². The molecule has 1 aliphatic rings. The van der Waals surface area contributed by atoms with Gasteiger partial charge in [-0.15, -0.1) is 11.3 Å². The molecule has 0 saturated carbocycles. The van der Waals surface area contributed by atoms with Crippen LogP contribution in [0.5, 0.6) is 0 Å². The monoisotopic (exact) mass is 483 g/mol. The number of aryl methyl sites for hydroxylation is 1.